The Hall–Kier alpha value is -1.38. The van der Waals surface area contributed by atoms with Gasteiger partial charge in [-0.25, -0.2) is 0 Å². The first-order valence-electron chi connectivity index (χ1n) is 11.3. The van der Waals surface area contributed by atoms with Gasteiger partial charge in [-0.3, -0.25) is 4.90 Å². The number of fused-ring (bicyclic) bond motifs is 4. The van der Waals surface area contributed by atoms with Crippen LogP contribution in [-0.4, -0.2) is 29.1 Å². The van der Waals surface area contributed by atoms with Crippen molar-refractivity contribution in [2.24, 2.45) is 5.92 Å². The van der Waals surface area contributed by atoms with E-state index in [0.29, 0.717) is 6.04 Å². The number of aryl methyl sites for hydroxylation is 2. The Labute approximate surface area is 163 Å². The highest BCUT2D eigenvalue weighted by Gasteiger charge is 2.34. The minimum Gasteiger partial charge on any atom is -0.387 e. The zero-order valence-corrected chi connectivity index (χ0v) is 16.5. The first-order chi connectivity index (χ1) is 13.3. The van der Waals surface area contributed by atoms with Crippen LogP contribution in [0, 0.1) is 5.92 Å². The van der Waals surface area contributed by atoms with Crippen LogP contribution >= 0.6 is 0 Å². The Kier molecular flexibility index (Phi) is 4.96. The lowest BCUT2D eigenvalue weighted by molar-refractivity contribution is 0.0209. The summed E-state index contributed by atoms with van der Waals surface area (Å²) in [5.41, 5.74) is 4.20. The summed E-state index contributed by atoms with van der Waals surface area (Å²) in [4.78, 5) is 2.63. The van der Waals surface area contributed by atoms with Crippen molar-refractivity contribution in [2.75, 3.05) is 13.1 Å². The third kappa shape index (κ3) is 3.32. The Balaban J connectivity index is 1.46. The smallest absolute Gasteiger partial charge is 0.0923 e. The Morgan fingerprint density at radius 2 is 1.70 bits per heavy atom. The summed E-state index contributed by atoms with van der Waals surface area (Å²) >= 11 is 0. The molecule has 27 heavy (non-hydrogen) atoms. The molecular formula is C25H33NO. The predicted molar refractivity (Wildman–Crippen MR) is 112 cm³/mol. The molecule has 2 aliphatic carbocycles. The maximum atomic E-state index is 11.3. The van der Waals surface area contributed by atoms with E-state index < -0.39 is 0 Å². The van der Waals surface area contributed by atoms with Crippen LogP contribution in [0.15, 0.2) is 30.3 Å². The lowest BCUT2D eigenvalue weighted by Gasteiger charge is -2.45. The summed E-state index contributed by atoms with van der Waals surface area (Å²) in [7, 11) is 0. The van der Waals surface area contributed by atoms with E-state index in [2.05, 4.69) is 35.2 Å². The second-order valence-corrected chi connectivity index (χ2v) is 9.12. The minimum absolute atomic E-state index is 0.372. The predicted octanol–water partition coefficient (Wildman–Crippen LogP) is 5.41. The summed E-state index contributed by atoms with van der Waals surface area (Å²) in [6.07, 6.45) is 12.8. The summed E-state index contributed by atoms with van der Waals surface area (Å²) in [6, 6.07) is 11.8. The number of piperidine rings is 1. The molecule has 144 valence electrons. The highest BCUT2D eigenvalue weighted by atomic mass is 16.3. The van der Waals surface area contributed by atoms with Crippen LogP contribution in [0.3, 0.4) is 0 Å². The zero-order valence-electron chi connectivity index (χ0n) is 16.5. The van der Waals surface area contributed by atoms with Gasteiger partial charge in [-0.05, 0) is 91.3 Å². The Morgan fingerprint density at radius 3 is 2.63 bits per heavy atom. The van der Waals surface area contributed by atoms with E-state index in [4.69, 9.17) is 0 Å². The van der Waals surface area contributed by atoms with Gasteiger partial charge in [0.25, 0.3) is 0 Å². The van der Waals surface area contributed by atoms with Gasteiger partial charge in [0.05, 0.1) is 6.10 Å². The van der Waals surface area contributed by atoms with E-state index in [9.17, 15) is 5.11 Å². The lowest BCUT2D eigenvalue weighted by Crippen LogP contribution is -2.48. The number of likely N-dealkylation sites (tertiary alicyclic amines) is 1. The summed E-state index contributed by atoms with van der Waals surface area (Å²) in [6.45, 7) is 1.98. The fraction of sp³-hybridized carbons (Fsp3) is 0.600. The highest BCUT2D eigenvalue weighted by molar-refractivity contribution is 5.90. The zero-order chi connectivity index (χ0) is 18.2. The number of β-amino-alcohol motifs (C(OH)–C–C–N with tert-alkyl or cyclic N) is 1. The van der Waals surface area contributed by atoms with Gasteiger partial charge in [0.2, 0.25) is 0 Å². The monoisotopic (exact) mass is 363 g/mol. The van der Waals surface area contributed by atoms with E-state index in [-0.39, 0.29) is 6.10 Å². The molecule has 1 saturated heterocycles. The molecule has 0 amide bonds. The van der Waals surface area contributed by atoms with Crippen molar-refractivity contribution in [3.8, 4) is 0 Å². The molecule has 0 spiro atoms. The molecule has 2 fully saturated rings. The third-order valence-corrected chi connectivity index (χ3v) is 7.53. The molecule has 3 aliphatic rings. The van der Waals surface area contributed by atoms with Crippen molar-refractivity contribution in [1.82, 2.24) is 4.90 Å². The van der Waals surface area contributed by atoms with E-state index in [0.717, 1.165) is 12.5 Å². The van der Waals surface area contributed by atoms with Crippen LogP contribution in [-0.2, 0) is 12.8 Å². The molecule has 0 radical (unpaired) electrons. The van der Waals surface area contributed by atoms with Crippen LogP contribution in [0.4, 0.5) is 0 Å². The third-order valence-electron chi connectivity index (χ3n) is 7.53. The van der Waals surface area contributed by atoms with Gasteiger partial charge in [-0.1, -0.05) is 43.2 Å². The maximum absolute atomic E-state index is 11.3. The molecule has 3 atom stereocenters. The molecule has 5 rings (SSSR count). The topological polar surface area (TPSA) is 23.5 Å². The van der Waals surface area contributed by atoms with Crippen molar-refractivity contribution >= 4 is 10.8 Å². The highest BCUT2D eigenvalue weighted by Crippen LogP contribution is 2.38. The molecule has 1 heterocycles. The first-order valence-corrected chi connectivity index (χ1v) is 11.3. The number of hydrogen-bond acceptors (Lipinski definition) is 2. The van der Waals surface area contributed by atoms with Gasteiger partial charge in [-0.2, -0.15) is 0 Å². The number of hydrogen-bond donors (Lipinski definition) is 1. The molecule has 0 bridgehead atoms. The quantitative estimate of drug-likeness (QED) is 0.788. The molecule has 2 heteroatoms. The van der Waals surface area contributed by atoms with E-state index in [1.807, 2.05) is 0 Å². The number of benzene rings is 2. The fourth-order valence-electron chi connectivity index (χ4n) is 6.21. The second kappa shape index (κ2) is 7.56. The van der Waals surface area contributed by atoms with Gasteiger partial charge in [-0.15, -0.1) is 0 Å². The van der Waals surface area contributed by atoms with Gasteiger partial charge >= 0.3 is 0 Å². The average molecular weight is 364 g/mol. The SMILES string of the molecule is OC(CN1CCCC2CCCCC21)c1cc2c(c3ccccc13)CCCC2. The molecule has 3 unspecified atom stereocenters. The summed E-state index contributed by atoms with van der Waals surface area (Å²) in [5.74, 6) is 0.875. The maximum Gasteiger partial charge on any atom is 0.0923 e. The van der Waals surface area contributed by atoms with Crippen molar-refractivity contribution < 1.29 is 5.11 Å². The fourth-order valence-corrected chi connectivity index (χ4v) is 6.21. The van der Waals surface area contributed by atoms with E-state index in [1.54, 1.807) is 0 Å². The molecular weight excluding hydrogens is 330 g/mol. The van der Waals surface area contributed by atoms with Gasteiger partial charge in [0.1, 0.15) is 0 Å². The number of aliphatic hydroxyl groups excluding tert-OH is 1. The molecule has 2 aromatic carbocycles. The van der Waals surface area contributed by atoms with Crippen LogP contribution in [0.1, 0.15) is 74.2 Å². The number of aliphatic hydroxyl groups is 1. The molecule has 1 saturated carbocycles. The Bertz CT molecular complexity index is 811. The van der Waals surface area contributed by atoms with Crippen LogP contribution in [0.5, 0.6) is 0 Å². The van der Waals surface area contributed by atoms with E-state index in [1.165, 1.54) is 98.2 Å². The molecule has 2 nitrogen and oxygen atoms in total. The number of nitrogens with zero attached hydrogens (tertiary/aromatic N) is 1. The largest absolute Gasteiger partial charge is 0.387 e. The van der Waals surface area contributed by atoms with Crippen LogP contribution in [0.25, 0.3) is 10.8 Å². The van der Waals surface area contributed by atoms with Crippen LogP contribution in [0.2, 0.25) is 0 Å². The molecule has 0 aromatic heterocycles. The van der Waals surface area contributed by atoms with Gasteiger partial charge in [0, 0.05) is 12.6 Å². The van der Waals surface area contributed by atoms with Crippen molar-refractivity contribution in [3.05, 3.63) is 47.0 Å². The van der Waals surface area contributed by atoms with Gasteiger partial charge in [0.15, 0.2) is 0 Å². The lowest BCUT2D eigenvalue weighted by atomic mass is 9.78. The molecule has 1 aliphatic heterocycles. The molecule has 1 N–H and O–H groups in total. The summed E-state index contributed by atoms with van der Waals surface area (Å²) in [5, 5.41) is 14.0. The molecule has 2 aromatic rings. The van der Waals surface area contributed by atoms with Crippen molar-refractivity contribution in [3.63, 3.8) is 0 Å². The minimum atomic E-state index is -0.372. The first kappa shape index (κ1) is 17.7. The standard InChI is InChI=1S/C25H33NO/c27-25(17-26-15-7-10-18-8-2-6-14-24(18)26)23-16-19-9-1-3-11-20(19)21-12-4-5-13-22(21)23/h4-5,12-13,16,18,24-25,27H,1-3,6-11,14-15,17H2. The second-order valence-electron chi connectivity index (χ2n) is 9.12. The average Bonchev–Trinajstić information content (AvgIpc) is 2.73. The Morgan fingerprint density at radius 1 is 0.926 bits per heavy atom. The van der Waals surface area contributed by atoms with Gasteiger partial charge < -0.3 is 5.11 Å². The van der Waals surface area contributed by atoms with Crippen molar-refractivity contribution in [1.29, 1.82) is 0 Å². The van der Waals surface area contributed by atoms with Crippen LogP contribution < -0.4 is 0 Å². The van der Waals surface area contributed by atoms with E-state index >= 15 is 0 Å². The van der Waals surface area contributed by atoms with Crippen molar-refractivity contribution in [2.45, 2.75) is 76.4 Å². The number of rotatable bonds is 3. The normalized spacial score (nSPS) is 27.1. The summed E-state index contributed by atoms with van der Waals surface area (Å²) < 4.78 is 0.